The zero-order valence-corrected chi connectivity index (χ0v) is 14.3. The molecule has 1 aromatic carbocycles. The van der Waals surface area contributed by atoms with Crippen molar-refractivity contribution in [2.45, 2.75) is 45.8 Å². The molecule has 1 atom stereocenters. The number of rotatable bonds is 7. The van der Waals surface area contributed by atoms with Crippen LogP contribution < -0.4 is 14.8 Å². The van der Waals surface area contributed by atoms with Crippen molar-refractivity contribution in [1.82, 2.24) is 5.32 Å². The zero-order valence-electron chi connectivity index (χ0n) is 14.3. The van der Waals surface area contributed by atoms with E-state index in [4.69, 9.17) is 14.2 Å². The van der Waals surface area contributed by atoms with Gasteiger partial charge in [-0.1, -0.05) is 6.07 Å². The molecule has 128 valence electrons. The minimum absolute atomic E-state index is 0.136. The molecular formula is C17H25NO5. The van der Waals surface area contributed by atoms with Gasteiger partial charge in [0.05, 0.1) is 19.8 Å². The lowest BCUT2D eigenvalue weighted by molar-refractivity contribution is -0.108. The highest BCUT2D eigenvalue weighted by Gasteiger charge is 2.21. The maximum absolute atomic E-state index is 11.9. The summed E-state index contributed by atoms with van der Waals surface area (Å²) >= 11 is 0. The van der Waals surface area contributed by atoms with Gasteiger partial charge in [0.2, 0.25) is 0 Å². The quantitative estimate of drug-likeness (QED) is 0.780. The molecule has 23 heavy (non-hydrogen) atoms. The Balaban J connectivity index is 2.98. The molecule has 0 radical (unpaired) electrons. The van der Waals surface area contributed by atoms with Crippen LogP contribution in [0.4, 0.5) is 4.79 Å². The van der Waals surface area contributed by atoms with E-state index in [0.717, 1.165) is 11.8 Å². The van der Waals surface area contributed by atoms with Gasteiger partial charge < -0.3 is 24.3 Å². The van der Waals surface area contributed by atoms with Crippen molar-refractivity contribution in [1.29, 1.82) is 0 Å². The van der Waals surface area contributed by atoms with E-state index < -0.39 is 17.7 Å². The van der Waals surface area contributed by atoms with Gasteiger partial charge in [0, 0.05) is 6.42 Å². The van der Waals surface area contributed by atoms with E-state index in [2.05, 4.69) is 5.32 Å². The molecule has 1 unspecified atom stereocenters. The predicted octanol–water partition coefficient (Wildman–Crippen LogP) is 3.25. The minimum Gasteiger partial charge on any atom is -0.493 e. The number of alkyl carbamates (subject to hydrolysis) is 1. The molecule has 1 aromatic rings. The molecule has 0 heterocycles. The summed E-state index contributed by atoms with van der Waals surface area (Å²) in [6.45, 7) is 7.69. The smallest absolute Gasteiger partial charge is 0.408 e. The second-order valence-corrected chi connectivity index (χ2v) is 5.94. The Morgan fingerprint density at radius 3 is 2.52 bits per heavy atom. The van der Waals surface area contributed by atoms with E-state index in [9.17, 15) is 9.59 Å². The first-order chi connectivity index (χ1) is 10.8. The Kier molecular flexibility index (Phi) is 6.88. The number of hydrogen-bond acceptors (Lipinski definition) is 5. The molecule has 6 heteroatoms. The Morgan fingerprint density at radius 1 is 1.30 bits per heavy atom. The molecular weight excluding hydrogens is 298 g/mol. The summed E-state index contributed by atoms with van der Waals surface area (Å²) in [5.41, 5.74) is 0.138. The lowest BCUT2D eigenvalue weighted by Gasteiger charge is -2.23. The topological polar surface area (TPSA) is 73.9 Å². The predicted molar refractivity (Wildman–Crippen MR) is 87.0 cm³/mol. The molecule has 0 fully saturated rings. The van der Waals surface area contributed by atoms with E-state index in [1.165, 1.54) is 0 Å². The van der Waals surface area contributed by atoms with Crippen LogP contribution in [0.3, 0.4) is 0 Å². The zero-order chi connectivity index (χ0) is 17.5. The number of hydrogen-bond donors (Lipinski definition) is 1. The van der Waals surface area contributed by atoms with Gasteiger partial charge in [-0.2, -0.15) is 0 Å². The van der Waals surface area contributed by atoms with Crippen LogP contribution in [-0.2, 0) is 9.53 Å². The highest BCUT2D eigenvalue weighted by atomic mass is 16.6. The number of nitrogens with one attached hydrogen (secondary N) is 1. The number of methoxy groups -OCH3 is 1. The average molecular weight is 323 g/mol. The van der Waals surface area contributed by atoms with E-state index in [1.807, 2.05) is 6.92 Å². The molecule has 0 spiro atoms. The SMILES string of the molecule is CCOc1cc(C(CC=O)NC(=O)OC(C)(C)C)ccc1OC. The number of carbonyl (C=O) groups is 2. The molecule has 1 amide bonds. The van der Waals surface area contributed by atoms with Crippen molar-refractivity contribution in [3.8, 4) is 11.5 Å². The summed E-state index contributed by atoms with van der Waals surface area (Å²) < 4.78 is 16.0. The van der Waals surface area contributed by atoms with Crippen LogP contribution in [0, 0.1) is 0 Å². The number of carbonyl (C=O) groups excluding carboxylic acids is 2. The second-order valence-electron chi connectivity index (χ2n) is 5.94. The number of ether oxygens (including phenoxy) is 3. The average Bonchev–Trinajstić information content (AvgIpc) is 2.45. The normalized spacial score (nSPS) is 12.2. The first kappa shape index (κ1) is 18.8. The molecule has 0 aliphatic rings. The van der Waals surface area contributed by atoms with Gasteiger partial charge in [0.15, 0.2) is 11.5 Å². The number of aldehydes is 1. The molecule has 1 rings (SSSR count). The largest absolute Gasteiger partial charge is 0.493 e. The van der Waals surface area contributed by atoms with Crippen molar-refractivity contribution in [3.05, 3.63) is 23.8 Å². The highest BCUT2D eigenvalue weighted by molar-refractivity contribution is 5.69. The van der Waals surface area contributed by atoms with Crippen molar-refractivity contribution >= 4 is 12.4 Å². The van der Waals surface area contributed by atoms with Crippen LogP contribution in [0.1, 0.15) is 45.7 Å². The first-order valence-corrected chi connectivity index (χ1v) is 7.54. The number of amides is 1. The molecule has 0 aromatic heterocycles. The van der Waals surface area contributed by atoms with Gasteiger partial charge in [-0.05, 0) is 45.4 Å². The summed E-state index contributed by atoms with van der Waals surface area (Å²) in [7, 11) is 1.55. The Bertz CT molecular complexity index is 536. The molecule has 0 aliphatic heterocycles. The molecule has 0 saturated heterocycles. The molecule has 0 bridgehead atoms. The molecule has 6 nitrogen and oxygen atoms in total. The van der Waals surface area contributed by atoms with E-state index >= 15 is 0 Å². The van der Waals surface area contributed by atoms with Gasteiger partial charge >= 0.3 is 6.09 Å². The van der Waals surface area contributed by atoms with Gasteiger partial charge in [0.1, 0.15) is 11.9 Å². The van der Waals surface area contributed by atoms with Crippen LogP contribution in [0.25, 0.3) is 0 Å². The fourth-order valence-corrected chi connectivity index (χ4v) is 2.00. The van der Waals surface area contributed by atoms with E-state index in [0.29, 0.717) is 18.1 Å². The second kappa shape index (κ2) is 8.41. The van der Waals surface area contributed by atoms with Gasteiger partial charge in [0.25, 0.3) is 0 Å². The third kappa shape index (κ3) is 6.18. The van der Waals surface area contributed by atoms with E-state index in [1.54, 1.807) is 46.1 Å². The van der Waals surface area contributed by atoms with Gasteiger partial charge in [-0.15, -0.1) is 0 Å². The molecule has 0 saturated carbocycles. The minimum atomic E-state index is -0.605. The third-order valence-electron chi connectivity index (χ3n) is 2.91. The maximum atomic E-state index is 11.9. The lowest BCUT2D eigenvalue weighted by Crippen LogP contribution is -2.35. The van der Waals surface area contributed by atoms with Crippen molar-refractivity contribution in [2.24, 2.45) is 0 Å². The number of benzene rings is 1. The monoisotopic (exact) mass is 323 g/mol. The lowest BCUT2D eigenvalue weighted by atomic mass is 10.0. The summed E-state index contributed by atoms with van der Waals surface area (Å²) in [5.74, 6) is 1.16. The van der Waals surface area contributed by atoms with Gasteiger partial charge in [-0.3, -0.25) is 0 Å². The van der Waals surface area contributed by atoms with Crippen LogP contribution in [0.2, 0.25) is 0 Å². The Hall–Kier alpha value is -2.24. The van der Waals surface area contributed by atoms with Crippen LogP contribution in [-0.4, -0.2) is 31.7 Å². The van der Waals surface area contributed by atoms with Crippen molar-refractivity contribution in [2.75, 3.05) is 13.7 Å². The Morgan fingerprint density at radius 2 is 2.00 bits per heavy atom. The fraction of sp³-hybridized carbons (Fsp3) is 0.529. The summed E-state index contributed by atoms with van der Waals surface area (Å²) in [5, 5.41) is 2.71. The molecule has 1 N–H and O–H groups in total. The highest BCUT2D eigenvalue weighted by Crippen LogP contribution is 2.31. The summed E-state index contributed by atoms with van der Waals surface area (Å²) in [4.78, 5) is 22.9. The van der Waals surface area contributed by atoms with Crippen LogP contribution in [0.15, 0.2) is 18.2 Å². The van der Waals surface area contributed by atoms with Crippen molar-refractivity contribution in [3.63, 3.8) is 0 Å². The van der Waals surface area contributed by atoms with Crippen LogP contribution in [0.5, 0.6) is 11.5 Å². The Labute approximate surface area is 137 Å². The summed E-state index contributed by atoms with van der Waals surface area (Å²) in [6.07, 6.45) is 0.321. The van der Waals surface area contributed by atoms with Crippen LogP contribution >= 0.6 is 0 Å². The summed E-state index contributed by atoms with van der Waals surface area (Å²) in [6, 6.07) is 4.79. The van der Waals surface area contributed by atoms with Gasteiger partial charge in [-0.25, -0.2) is 4.79 Å². The molecule has 0 aliphatic carbocycles. The first-order valence-electron chi connectivity index (χ1n) is 7.54. The standard InChI is InChI=1S/C17H25NO5/c1-6-22-15-11-12(7-8-14(15)21-5)13(9-10-19)18-16(20)23-17(2,3)4/h7-8,10-11,13H,6,9H2,1-5H3,(H,18,20). The maximum Gasteiger partial charge on any atom is 0.408 e. The third-order valence-corrected chi connectivity index (χ3v) is 2.91. The van der Waals surface area contributed by atoms with E-state index in [-0.39, 0.29) is 6.42 Å². The fourth-order valence-electron chi connectivity index (χ4n) is 2.00. The van der Waals surface area contributed by atoms with Crippen molar-refractivity contribution < 1.29 is 23.8 Å².